The van der Waals surface area contributed by atoms with E-state index in [2.05, 4.69) is 52.4 Å². The van der Waals surface area contributed by atoms with Crippen molar-refractivity contribution >= 4 is 46.7 Å². The molecule has 0 fully saturated rings. The fourth-order valence-corrected chi connectivity index (χ4v) is 18.7. The van der Waals surface area contributed by atoms with Crippen LogP contribution >= 0.6 is 0 Å². The lowest BCUT2D eigenvalue weighted by molar-refractivity contribution is -0.138. The molecule has 2 radical (unpaired) electrons. The van der Waals surface area contributed by atoms with E-state index in [1.54, 1.807) is 0 Å². The summed E-state index contributed by atoms with van der Waals surface area (Å²) in [6.07, 6.45) is 3.77. The Kier molecular flexibility index (Phi) is 17.1. The molecule has 0 aromatic carbocycles. The van der Waals surface area contributed by atoms with Gasteiger partial charge in [0.05, 0.1) is 13.2 Å². The average Bonchev–Trinajstić information content (AvgIpc) is 2.74. The SMILES string of the molecule is C=CC(=O)OCCCO[Si](C)CC[Si](C)(C)O[Si](C)(C)CC[Si](C)OCCCOC(=O)C=C. The second kappa shape index (κ2) is 17.6. The molecule has 7 nitrogen and oxygen atoms in total. The monoisotopic (exact) mass is 532 g/mol. The molecule has 0 aromatic rings. The van der Waals surface area contributed by atoms with E-state index in [-0.39, 0.29) is 11.9 Å². The van der Waals surface area contributed by atoms with Crippen molar-refractivity contribution in [2.24, 2.45) is 0 Å². The summed E-state index contributed by atoms with van der Waals surface area (Å²) in [7, 11) is -5.26. The first-order chi connectivity index (χ1) is 15.4. The summed E-state index contributed by atoms with van der Waals surface area (Å²) in [5, 5.41) is 0. The van der Waals surface area contributed by atoms with Crippen molar-refractivity contribution in [1.82, 2.24) is 0 Å². The standard InChI is InChI=1S/C22H44O7Si4/c1-9-21(23)25-13-11-15-27-30(3)17-19-32(5,6)29-33(7,8)20-18-31(4)28-16-12-14-26-22(24)10-2/h9-10H,1-2,11-20H2,3-8H3. The zero-order valence-electron chi connectivity index (χ0n) is 21.5. The van der Waals surface area contributed by atoms with Crippen LogP contribution in [0.1, 0.15) is 12.8 Å². The van der Waals surface area contributed by atoms with Crippen LogP contribution in [0, 0.1) is 0 Å². The van der Waals surface area contributed by atoms with Crippen molar-refractivity contribution in [2.75, 3.05) is 26.4 Å². The summed E-state index contributed by atoms with van der Waals surface area (Å²) in [5.41, 5.74) is 0. The molecule has 0 heterocycles. The zero-order valence-corrected chi connectivity index (χ0v) is 25.5. The van der Waals surface area contributed by atoms with Gasteiger partial charge >= 0.3 is 11.9 Å². The molecular formula is C22H44O7Si4. The second-order valence-electron chi connectivity index (χ2n) is 9.17. The molecule has 0 amide bonds. The van der Waals surface area contributed by atoms with Gasteiger partial charge in [-0.2, -0.15) is 0 Å². The molecular weight excluding hydrogens is 489 g/mol. The van der Waals surface area contributed by atoms with Crippen LogP contribution in [-0.2, 0) is 32.0 Å². The minimum atomic E-state index is -1.76. The van der Waals surface area contributed by atoms with Crippen molar-refractivity contribution in [3.8, 4) is 0 Å². The Morgan fingerprint density at radius 3 is 1.42 bits per heavy atom. The molecule has 0 N–H and O–H groups in total. The summed E-state index contributed by atoms with van der Waals surface area (Å²) in [5.74, 6) is -0.772. The molecule has 0 saturated carbocycles. The normalized spacial score (nSPS) is 12.1. The molecule has 33 heavy (non-hydrogen) atoms. The van der Waals surface area contributed by atoms with Crippen LogP contribution in [0.3, 0.4) is 0 Å². The largest absolute Gasteiger partial charge is 0.462 e. The van der Waals surface area contributed by atoms with Gasteiger partial charge in [0.15, 0.2) is 16.6 Å². The molecule has 0 rings (SSSR count). The zero-order chi connectivity index (χ0) is 25.3. The highest BCUT2D eigenvalue weighted by Gasteiger charge is 2.33. The third-order valence-electron chi connectivity index (χ3n) is 4.81. The molecule has 0 aliphatic rings. The first-order valence-electron chi connectivity index (χ1n) is 11.6. The van der Waals surface area contributed by atoms with E-state index in [0.717, 1.165) is 24.2 Å². The van der Waals surface area contributed by atoms with Crippen LogP contribution in [0.25, 0.3) is 0 Å². The van der Waals surface area contributed by atoms with Crippen molar-refractivity contribution in [1.29, 1.82) is 0 Å². The fraction of sp³-hybridized carbons (Fsp3) is 0.727. The first-order valence-corrected chi connectivity index (χ1v) is 22.1. The maximum atomic E-state index is 11.0. The minimum Gasteiger partial charge on any atom is -0.462 e. The van der Waals surface area contributed by atoms with Crippen LogP contribution < -0.4 is 0 Å². The maximum absolute atomic E-state index is 11.0. The van der Waals surface area contributed by atoms with Crippen LogP contribution in [0.2, 0.25) is 63.5 Å². The third-order valence-corrected chi connectivity index (χ3v) is 16.4. The van der Waals surface area contributed by atoms with E-state index in [1.165, 1.54) is 12.2 Å². The van der Waals surface area contributed by atoms with Crippen molar-refractivity contribution < 1.29 is 32.0 Å². The van der Waals surface area contributed by atoms with Crippen LogP contribution in [0.15, 0.2) is 25.3 Å². The number of ether oxygens (including phenoxy) is 2. The summed E-state index contributed by atoms with van der Waals surface area (Å²) in [6, 6.07) is 4.35. The van der Waals surface area contributed by atoms with Gasteiger partial charge < -0.3 is 22.4 Å². The lowest BCUT2D eigenvalue weighted by atomic mass is 10.5. The number of hydrogen-bond acceptors (Lipinski definition) is 7. The number of esters is 2. The minimum absolute atomic E-state index is 0.372. The van der Waals surface area contributed by atoms with Gasteiger partial charge in [-0.25, -0.2) is 9.59 Å². The highest BCUT2D eigenvalue weighted by molar-refractivity contribution is 6.85. The topological polar surface area (TPSA) is 80.3 Å². The molecule has 0 aliphatic heterocycles. The summed E-state index contributed by atoms with van der Waals surface area (Å²) in [6.45, 7) is 22.4. The van der Waals surface area contributed by atoms with Crippen molar-refractivity contribution in [3.63, 3.8) is 0 Å². The number of carbonyl (C=O) groups is 2. The Morgan fingerprint density at radius 2 is 1.09 bits per heavy atom. The number of rotatable bonds is 20. The van der Waals surface area contributed by atoms with E-state index < -0.39 is 34.7 Å². The Labute approximate surface area is 206 Å². The van der Waals surface area contributed by atoms with Gasteiger partial charge in [-0.1, -0.05) is 13.2 Å². The molecule has 0 saturated heterocycles. The van der Waals surface area contributed by atoms with Gasteiger partial charge in [0.1, 0.15) is 0 Å². The number of hydrogen-bond donors (Lipinski definition) is 0. The number of carbonyl (C=O) groups excluding carboxylic acids is 2. The highest BCUT2D eigenvalue weighted by atomic mass is 28.4. The van der Waals surface area contributed by atoms with E-state index in [1.807, 2.05) is 0 Å². The molecule has 190 valence electrons. The quantitative estimate of drug-likeness (QED) is 0.0952. The third kappa shape index (κ3) is 19.2. The highest BCUT2D eigenvalue weighted by Crippen LogP contribution is 2.25. The Balaban J connectivity index is 4.08. The smallest absolute Gasteiger partial charge is 0.330 e. The predicted molar refractivity (Wildman–Crippen MR) is 142 cm³/mol. The van der Waals surface area contributed by atoms with E-state index >= 15 is 0 Å². The molecule has 11 heteroatoms. The van der Waals surface area contributed by atoms with Gasteiger partial charge in [-0.05, 0) is 63.5 Å². The Morgan fingerprint density at radius 1 is 0.727 bits per heavy atom. The summed E-state index contributed by atoms with van der Waals surface area (Å²) < 4.78 is 28.6. The van der Waals surface area contributed by atoms with E-state index in [9.17, 15) is 9.59 Å². The molecule has 0 unspecified atom stereocenters. The van der Waals surface area contributed by atoms with Gasteiger partial charge in [0, 0.05) is 38.2 Å². The van der Waals surface area contributed by atoms with Gasteiger partial charge in [0.2, 0.25) is 18.1 Å². The second-order valence-corrected chi connectivity index (χ2v) is 22.4. The summed E-state index contributed by atoms with van der Waals surface area (Å²) in [4.78, 5) is 22.0. The first kappa shape index (κ1) is 32.2. The van der Waals surface area contributed by atoms with Crippen LogP contribution in [-0.4, -0.2) is 73.1 Å². The average molecular weight is 533 g/mol. The molecule has 0 bridgehead atoms. The van der Waals surface area contributed by atoms with Crippen LogP contribution in [0.5, 0.6) is 0 Å². The van der Waals surface area contributed by atoms with Crippen LogP contribution in [0.4, 0.5) is 0 Å². The Bertz CT molecular complexity index is 549. The van der Waals surface area contributed by atoms with Crippen molar-refractivity contribution in [2.45, 2.75) is 76.3 Å². The van der Waals surface area contributed by atoms with Gasteiger partial charge in [-0.15, -0.1) is 0 Å². The Hall–Kier alpha value is -0.832. The van der Waals surface area contributed by atoms with Gasteiger partial charge in [-0.3, -0.25) is 0 Å². The predicted octanol–water partition coefficient (Wildman–Crippen LogP) is 4.93. The van der Waals surface area contributed by atoms with Gasteiger partial charge in [0.25, 0.3) is 0 Å². The lowest BCUT2D eigenvalue weighted by Crippen LogP contribution is -2.45. The fourth-order valence-electron chi connectivity index (χ4n) is 3.02. The summed E-state index contributed by atoms with van der Waals surface area (Å²) >= 11 is 0. The van der Waals surface area contributed by atoms with E-state index in [4.69, 9.17) is 22.4 Å². The molecule has 0 atom stereocenters. The molecule has 0 aliphatic carbocycles. The lowest BCUT2D eigenvalue weighted by Gasteiger charge is -2.35. The van der Waals surface area contributed by atoms with E-state index in [0.29, 0.717) is 39.3 Å². The molecule has 0 aromatic heterocycles. The van der Waals surface area contributed by atoms with Crippen molar-refractivity contribution in [3.05, 3.63) is 25.3 Å². The maximum Gasteiger partial charge on any atom is 0.330 e. The molecule has 0 spiro atoms.